The Morgan fingerprint density at radius 1 is 0.952 bits per heavy atom. The second-order valence-electron chi connectivity index (χ2n) is 8.94. The van der Waals surface area contributed by atoms with E-state index in [0.717, 1.165) is 37.5 Å². The predicted molar refractivity (Wildman–Crippen MR) is 82.7 cm³/mol. The van der Waals surface area contributed by atoms with Crippen molar-refractivity contribution in [1.29, 1.82) is 0 Å². The summed E-state index contributed by atoms with van der Waals surface area (Å²) < 4.78 is 0. The molecule has 0 spiro atoms. The van der Waals surface area contributed by atoms with E-state index in [-0.39, 0.29) is 11.5 Å². The Bertz CT molecular complexity index is 458. The van der Waals surface area contributed by atoms with Crippen LogP contribution in [0.5, 0.6) is 0 Å². The molecule has 4 fully saturated rings. The van der Waals surface area contributed by atoms with Gasteiger partial charge in [-0.25, -0.2) is 0 Å². The van der Waals surface area contributed by atoms with E-state index in [0.29, 0.717) is 23.0 Å². The van der Waals surface area contributed by atoms with Gasteiger partial charge in [-0.2, -0.15) is 0 Å². The van der Waals surface area contributed by atoms with Gasteiger partial charge >= 0.3 is 0 Å². The lowest BCUT2D eigenvalue weighted by atomic mass is 9.45. The molecule has 118 valence electrons. The van der Waals surface area contributed by atoms with Crippen molar-refractivity contribution in [2.24, 2.45) is 34.5 Å². The van der Waals surface area contributed by atoms with Gasteiger partial charge in [0.2, 0.25) is 0 Å². The van der Waals surface area contributed by atoms with E-state index in [1.54, 1.807) is 0 Å². The van der Waals surface area contributed by atoms with Gasteiger partial charge in [0.1, 0.15) is 5.78 Å². The minimum absolute atomic E-state index is 0.00234. The predicted octanol–water partition coefficient (Wildman–Crippen LogP) is 3.96. The van der Waals surface area contributed by atoms with Crippen LogP contribution >= 0.6 is 0 Å². The first-order valence-corrected chi connectivity index (χ1v) is 9.18. The zero-order valence-electron chi connectivity index (χ0n) is 13.6. The number of carbonyl (C=O) groups excluding carboxylic acids is 1. The van der Waals surface area contributed by atoms with Crippen LogP contribution in [-0.4, -0.2) is 17.0 Å². The smallest absolute Gasteiger partial charge is 0.139 e. The summed E-state index contributed by atoms with van der Waals surface area (Å²) in [6, 6.07) is 0. The Labute approximate surface area is 128 Å². The fourth-order valence-electron chi connectivity index (χ4n) is 7.15. The SMILES string of the molecule is C[C@]12CCC[C@H](O)[C@@H]1CC[C@@H]1[C@@H]2CC[C@]2(C)C(=O)CC[C@@H]12. The summed E-state index contributed by atoms with van der Waals surface area (Å²) in [5, 5.41) is 10.5. The first-order chi connectivity index (χ1) is 9.97. The maximum atomic E-state index is 12.4. The highest BCUT2D eigenvalue weighted by molar-refractivity contribution is 5.87. The maximum Gasteiger partial charge on any atom is 0.139 e. The van der Waals surface area contributed by atoms with Crippen LogP contribution in [0.15, 0.2) is 0 Å². The number of aliphatic hydroxyl groups is 1. The monoisotopic (exact) mass is 290 g/mol. The summed E-state index contributed by atoms with van der Waals surface area (Å²) in [4.78, 5) is 12.4. The van der Waals surface area contributed by atoms with Crippen molar-refractivity contribution >= 4 is 5.78 Å². The lowest BCUT2D eigenvalue weighted by molar-refractivity contribution is -0.150. The second kappa shape index (κ2) is 4.57. The molecular formula is C19H30O2. The highest BCUT2D eigenvalue weighted by atomic mass is 16.3. The second-order valence-corrected chi connectivity index (χ2v) is 8.94. The molecule has 0 amide bonds. The van der Waals surface area contributed by atoms with E-state index in [1.807, 2.05) is 0 Å². The van der Waals surface area contributed by atoms with E-state index < -0.39 is 0 Å². The van der Waals surface area contributed by atoms with Gasteiger partial charge in [0.05, 0.1) is 6.10 Å². The van der Waals surface area contributed by atoms with Crippen molar-refractivity contribution in [3.8, 4) is 0 Å². The average Bonchev–Trinajstić information content (AvgIpc) is 2.75. The zero-order valence-corrected chi connectivity index (χ0v) is 13.6. The highest BCUT2D eigenvalue weighted by Gasteiger charge is 2.60. The Morgan fingerprint density at radius 2 is 1.76 bits per heavy atom. The standard InChI is InChI=1S/C19H30O2/c1-18-10-3-4-16(20)15(18)6-5-12-13-7-8-17(21)19(13,2)11-9-14(12)18/h12-16,20H,3-11H2,1-2H3/t12-,13-,14-,15-,16-,18+,19-/m0/s1. The van der Waals surface area contributed by atoms with Crippen LogP contribution < -0.4 is 0 Å². The third-order valence-corrected chi connectivity index (χ3v) is 8.33. The Morgan fingerprint density at radius 3 is 2.57 bits per heavy atom. The third kappa shape index (κ3) is 1.77. The van der Waals surface area contributed by atoms with Crippen molar-refractivity contribution in [3.05, 3.63) is 0 Å². The molecule has 21 heavy (non-hydrogen) atoms. The number of hydrogen-bond donors (Lipinski definition) is 1. The summed E-state index contributed by atoms with van der Waals surface area (Å²) in [5.41, 5.74) is 0.338. The molecule has 4 aliphatic carbocycles. The normalized spacial score (nSPS) is 56.5. The lowest BCUT2D eigenvalue weighted by Gasteiger charge is -2.60. The molecule has 0 saturated heterocycles. The highest BCUT2D eigenvalue weighted by Crippen LogP contribution is 2.65. The lowest BCUT2D eigenvalue weighted by Crippen LogP contribution is -2.55. The number of aliphatic hydroxyl groups excluding tert-OH is 1. The molecule has 0 bridgehead atoms. The number of rotatable bonds is 0. The van der Waals surface area contributed by atoms with Gasteiger partial charge in [-0.05, 0) is 74.0 Å². The largest absolute Gasteiger partial charge is 0.393 e. The quantitative estimate of drug-likeness (QED) is 0.733. The minimum Gasteiger partial charge on any atom is -0.393 e. The Hall–Kier alpha value is -0.370. The van der Waals surface area contributed by atoms with Crippen LogP contribution in [0.4, 0.5) is 0 Å². The van der Waals surface area contributed by atoms with Gasteiger partial charge in [0.25, 0.3) is 0 Å². The third-order valence-electron chi connectivity index (χ3n) is 8.33. The summed E-state index contributed by atoms with van der Waals surface area (Å²) in [6.45, 7) is 4.73. The first-order valence-electron chi connectivity index (χ1n) is 9.18. The molecule has 0 aromatic carbocycles. The molecule has 0 aromatic heterocycles. The summed E-state index contributed by atoms with van der Waals surface area (Å²) >= 11 is 0. The number of Topliss-reactive ketones (excluding diaryl/α,β-unsaturated/α-hetero) is 1. The van der Waals surface area contributed by atoms with E-state index >= 15 is 0 Å². The molecule has 4 aliphatic rings. The van der Waals surface area contributed by atoms with Crippen LogP contribution in [0.1, 0.15) is 71.6 Å². The van der Waals surface area contributed by atoms with Crippen LogP contribution in [0.2, 0.25) is 0 Å². The van der Waals surface area contributed by atoms with Gasteiger partial charge < -0.3 is 5.11 Å². The summed E-state index contributed by atoms with van der Waals surface area (Å²) in [7, 11) is 0. The average molecular weight is 290 g/mol. The van der Waals surface area contributed by atoms with E-state index in [1.165, 1.54) is 32.1 Å². The van der Waals surface area contributed by atoms with Crippen molar-refractivity contribution < 1.29 is 9.90 Å². The van der Waals surface area contributed by atoms with Crippen LogP contribution in [0, 0.1) is 34.5 Å². The molecule has 2 heteroatoms. The maximum absolute atomic E-state index is 12.4. The molecule has 4 rings (SSSR count). The first kappa shape index (κ1) is 14.2. The van der Waals surface area contributed by atoms with Crippen LogP contribution in [-0.2, 0) is 4.79 Å². The van der Waals surface area contributed by atoms with Crippen LogP contribution in [0.25, 0.3) is 0 Å². The summed E-state index contributed by atoms with van der Waals surface area (Å²) in [5.74, 6) is 3.22. The molecule has 1 N–H and O–H groups in total. The number of hydrogen-bond acceptors (Lipinski definition) is 2. The van der Waals surface area contributed by atoms with Crippen molar-refractivity contribution in [2.75, 3.05) is 0 Å². The van der Waals surface area contributed by atoms with Crippen molar-refractivity contribution in [1.82, 2.24) is 0 Å². The molecule has 2 nitrogen and oxygen atoms in total. The molecule has 7 atom stereocenters. The fourth-order valence-corrected chi connectivity index (χ4v) is 7.15. The zero-order chi connectivity index (χ0) is 14.8. The minimum atomic E-state index is -0.0665. The van der Waals surface area contributed by atoms with Crippen molar-refractivity contribution in [2.45, 2.75) is 77.7 Å². The molecule has 4 saturated carbocycles. The molecule has 0 heterocycles. The molecule has 0 aliphatic heterocycles. The molecular weight excluding hydrogens is 260 g/mol. The topological polar surface area (TPSA) is 37.3 Å². The van der Waals surface area contributed by atoms with E-state index in [2.05, 4.69) is 13.8 Å². The van der Waals surface area contributed by atoms with Gasteiger partial charge in [0.15, 0.2) is 0 Å². The van der Waals surface area contributed by atoms with Crippen LogP contribution in [0.3, 0.4) is 0 Å². The summed E-state index contributed by atoms with van der Waals surface area (Å²) in [6.07, 6.45) is 10.2. The molecule has 0 unspecified atom stereocenters. The van der Waals surface area contributed by atoms with Gasteiger partial charge in [-0.1, -0.05) is 20.3 Å². The van der Waals surface area contributed by atoms with Gasteiger partial charge in [0, 0.05) is 11.8 Å². The van der Waals surface area contributed by atoms with Gasteiger partial charge in [-0.3, -0.25) is 4.79 Å². The molecule has 0 radical (unpaired) electrons. The van der Waals surface area contributed by atoms with Gasteiger partial charge in [-0.15, -0.1) is 0 Å². The number of fused-ring (bicyclic) bond motifs is 5. The van der Waals surface area contributed by atoms with Crippen molar-refractivity contribution in [3.63, 3.8) is 0 Å². The molecule has 0 aromatic rings. The Balaban J connectivity index is 1.66. The number of ketones is 1. The van der Waals surface area contributed by atoms with E-state index in [9.17, 15) is 9.90 Å². The fraction of sp³-hybridized carbons (Fsp3) is 0.947. The number of carbonyl (C=O) groups is 1. The Kier molecular flexibility index (Phi) is 3.10. The van der Waals surface area contributed by atoms with E-state index in [4.69, 9.17) is 0 Å².